The molecule has 0 fully saturated rings. The second-order valence-electron chi connectivity index (χ2n) is 4.29. The van der Waals surface area contributed by atoms with Gasteiger partial charge in [-0.15, -0.1) is 0 Å². The minimum atomic E-state index is -0.251. The highest BCUT2D eigenvalue weighted by atomic mass is 79.9. The van der Waals surface area contributed by atoms with Gasteiger partial charge in [0.1, 0.15) is 0 Å². The number of hydrogen-bond acceptors (Lipinski definition) is 2. The van der Waals surface area contributed by atoms with E-state index in [0.29, 0.717) is 26.4 Å². The summed E-state index contributed by atoms with van der Waals surface area (Å²) in [6.45, 7) is 1.93. The van der Waals surface area contributed by atoms with Crippen LogP contribution in [0.15, 0.2) is 39.3 Å². The number of amides is 1. The molecule has 2 aromatic carbocycles. The number of halogens is 3. The van der Waals surface area contributed by atoms with Crippen LogP contribution < -0.4 is 11.1 Å². The molecule has 0 aromatic heterocycles. The molecule has 2 rings (SSSR count). The summed E-state index contributed by atoms with van der Waals surface area (Å²) in [5.41, 5.74) is 8.51. The fourth-order valence-corrected chi connectivity index (χ4v) is 2.91. The zero-order valence-electron chi connectivity index (χ0n) is 10.5. The number of carbonyl (C=O) groups excluding carboxylic acids is 1. The van der Waals surface area contributed by atoms with Gasteiger partial charge in [0, 0.05) is 14.5 Å². The van der Waals surface area contributed by atoms with Crippen molar-refractivity contribution in [2.75, 3.05) is 11.1 Å². The van der Waals surface area contributed by atoms with E-state index in [2.05, 4.69) is 37.2 Å². The van der Waals surface area contributed by atoms with E-state index in [-0.39, 0.29) is 5.91 Å². The molecule has 0 saturated carbocycles. The maximum Gasteiger partial charge on any atom is 0.255 e. The summed E-state index contributed by atoms with van der Waals surface area (Å²) in [5.74, 6) is -0.251. The molecule has 2 aromatic rings. The Morgan fingerprint density at radius 2 is 1.90 bits per heavy atom. The fourth-order valence-electron chi connectivity index (χ4n) is 1.72. The van der Waals surface area contributed by atoms with Crippen molar-refractivity contribution in [3.8, 4) is 0 Å². The summed E-state index contributed by atoms with van der Waals surface area (Å²) in [5, 5.41) is 3.35. The van der Waals surface area contributed by atoms with Gasteiger partial charge in [-0.2, -0.15) is 0 Å². The third kappa shape index (κ3) is 3.34. The van der Waals surface area contributed by atoms with E-state index in [4.69, 9.17) is 17.3 Å². The van der Waals surface area contributed by atoms with E-state index >= 15 is 0 Å². The largest absolute Gasteiger partial charge is 0.397 e. The molecule has 0 saturated heterocycles. The van der Waals surface area contributed by atoms with Crippen LogP contribution in [0.2, 0.25) is 5.02 Å². The molecule has 0 bridgehead atoms. The number of anilines is 2. The molecule has 104 valence electrons. The molecule has 0 radical (unpaired) electrons. The number of nitrogens with one attached hydrogen (secondary N) is 1. The van der Waals surface area contributed by atoms with Gasteiger partial charge in [-0.25, -0.2) is 0 Å². The molecule has 0 heterocycles. The van der Waals surface area contributed by atoms with Gasteiger partial charge in [-0.05, 0) is 74.7 Å². The molecule has 0 spiro atoms. The van der Waals surface area contributed by atoms with Crippen molar-refractivity contribution in [2.24, 2.45) is 0 Å². The van der Waals surface area contributed by atoms with Gasteiger partial charge in [0.25, 0.3) is 5.91 Å². The Morgan fingerprint density at radius 3 is 2.50 bits per heavy atom. The summed E-state index contributed by atoms with van der Waals surface area (Å²) in [6, 6.07) is 8.67. The van der Waals surface area contributed by atoms with Gasteiger partial charge >= 0.3 is 0 Å². The van der Waals surface area contributed by atoms with Gasteiger partial charge < -0.3 is 11.1 Å². The van der Waals surface area contributed by atoms with Crippen LogP contribution in [-0.4, -0.2) is 5.91 Å². The lowest BCUT2D eigenvalue weighted by molar-refractivity contribution is 0.102. The van der Waals surface area contributed by atoms with Crippen molar-refractivity contribution in [1.29, 1.82) is 0 Å². The lowest BCUT2D eigenvalue weighted by Gasteiger charge is -2.12. The predicted molar refractivity (Wildman–Crippen MR) is 90.4 cm³/mol. The monoisotopic (exact) mass is 416 g/mol. The van der Waals surface area contributed by atoms with Gasteiger partial charge in [-0.3, -0.25) is 4.79 Å². The van der Waals surface area contributed by atoms with Crippen molar-refractivity contribution >= 4 is 60.7 Å². The number of benzene rings is 2. The van der Waals surface area contributed by atoms with Crippen LogP contribution in [0.4, 0.5) is 11.4 Å². The van der Waals surface area contributed by atoms with Crippen LogP contribution in [-0.2, 0) is 0 Å². The Balaban J connectivity index is 2.30. The lowest BCUT2D eigenvalue weighted by Crippen LogP contribution is -2.13. The van der Waals surface area contributed by atoms with E-state index < -0.39 is 0 Å². The number of rotatable bonds is 2. The zero-order chi connectivity index (χ0) is 14.9. The Kier molecular flexibility index (Phi) is 4.73. The zero-order valence-corrected chi connectivity index (χ0v) is 14.4. The molecule has 0 aliphatic heterocycles. The second kappa shape index (κ2) is 6.16. The van der Waals surface area contributed by atoms with Gasteiger partial charge in [0.05, 0.1) is 16.4 Å². The predicted octanol–water partition coefficient (Wildman–Crippen LogP) is 5.01. The summed E-state index contributed by atoms with van der Waals surface area (Å²) in [6.07, 6.45) is 0. The molecular formula is C14H11Br2ClN2O. The Hall–Kier alpha value is -1.04. The number of nitrogen functional groups attached to an aromatic ring is 1. The first-order valence-electron chi connectivity index (χ1n) is 5.70. The average Bonchev–Trinajstić information content (AvgIpc) is 2.36. The van der Waals surface area contributed by atoms with Crippen LogP contribution >= 0.6 is 43.5 Å². The van der Waals surface area contributed by atoms with Gasteiger partial charge in [0.2, 0.25) is 0 Å². The molecule has 3 nitrogen and oxygen atoms in total. The quantitative estimate of drug-likeness (QED) is 0.674. The van der Waals surface area contributed by atoms with Crippen LogP contribution in [0.5, 0.6) is 0 Å². The molecule has 6 heteroatoms. The van der Waals surface area contributed by atoms with E-state index in [9.17, 15) is 4.79 Å². The maximum atomic E-state index is 12.2. The van der Waals surface area contributed by atoms with E-state index in [1.54, 1.807) is 24.3 Å². The van der Waals surface area contributed by atoms with Crippen LogP contribution in [0.25, 0.3) is 0 Å². The highest BCUT2D eigenvalue weighted by Crippen LogP contribution is 2.31. The molecule has 0 unspecified atom stereocenters. The highest BCUT2D eigenvalue weighted by molar-refractivity contribution is 9.11. The number of hydrogen-bond donors (Lipinski definition) is 2. The van der Waals surface area contributed by atoms with Crippen LogP contribution in [0, 0.1) is 6.92 Å². The summed E-state index contributed by atoms with van der Waals surface area (Å²) in [4.78, 5) is 12.2. The molecule has 0 aliphatic carbocycles. The summed E-state index contributed by atoms with van der Waals surface area (Å²) >= 11 is 12.6. The first-order chi connectivity index (χ1) is 9.38. The molecule has 0 aliphatic rings. The SMILES string of the molecule is Cc1cc(N)c(NC(=O)c2ccc(Cl)c(Br)c2)c(Br)c1. The van der Waals surface area contributed by atoms with Gasteiger partial charge in [-0.1, -0.05) is 11.6 Å². The smallest absolute Gasteiger partial charge is 0.255 e. The molecule has 3 N–H and O–H groups in total. The normalized spacial score (nSPS) is 10.4. The van der Waals surface area contributed by atoms with Gasteiger partial charge in [0.15, 0.2) is 0 Å². The molecular weight excluding hydrogens is 407 g/mol. The van der Waals surface area contributed by atoms with Crippen molar-refractivity contribution in [1.82, 2.24) is 0 Å². The average molecular weight is 419 g/mol. The van der Waals surface area contributed by atoms with E-state index in [0.717, 1.165) is 10.0 Å². The molecule has 0 atom stereocenters. The number of nitrogens with two attached hydrogens (primary N) is 1. The number of carbonyl (C=O) groups is 1. The number of aryl methyl sites for hydroxylation is 1. The third-order valence-corrected chi connectivity index (χ3v) is 4.52. The van der Waals surface area contributed by atoms with Crippen molar-refractivity contribution < 1.29 is 4.79 Å². The Morgan fingerprint density at radius 1 is 1.20 bits per heavy atom. The maximum absolute atomic E-state index is 12.2. The Labute approximate surface area is 138 Å². The van der Waals surface area contributed by atoms with E-state index in [1.165, 1.54) is 0 Å². The minimum Gasteiger partial charge on any atom is -0.397 e. The van der Waals surface area contributed by atoms with Crippen molar-refractivity contribution in [3.05, 3.63) is 55.4 Å². The highest BCUT2D eigenvalue weighted by Gasteiger charge is 2.12. The lowest BCUT2D eigenvalue weighted by atomic mass is 10.1. The Bertz CT molecular complexity index is 666. The topological polar surface area (TPSA) is 55.1 Å². The second-order valence-corrected chi connectivity index (χ2v) is 6.41. The van der Waals surface area contributed by atoms with Crippen LogP contribution in [0.1, 0.15) is 15.9 Å². The fraction of sp³-hybridized carbons (Fsp3) is 0.0714. The van der Waals surface area contributed by atoms with E-state index in [1.807, 2.05) is 13.0 Å². The molecule has 1 amide bonds. The standard InChI is InChI=1S/C14H11Br2ClN2O/c1-7-4-10(16)13(12(18)5-7)19-14(20)8-2-3-11(17)9(15)6-8/h2-6H,18H2,1H3,(H,19,20). The minimum absolute atomic E-state index is 0.251. The summed E-state index contributed by atoms with van der Waals surface area (Å²) in [7, 11) is 0. The first kappa shape index (κ1) is 15.4. The van der Waals surface area contributed by atoms with Crippen molar-refractivity contribution in [2.45, 2.75) is 6.92 Å². The van der Waals surface area contributed by atoms with Crippen molar-refractivity contribution in [3.63, 3.8) is 0 Å². The first-order valence-corrected chi connectivity index (χ1v) is 7.67. The third-order valence-electron chi connectivity index (χ3n) is 2.69. The summed E-state index contributed by atoms with van der Waals surface area (Å²) < 4.78 is 1.42. The molecule has 20 heavy (non-hydrogen) atoms. The van der Waals surface area contributed by atoms with Crippen LogP contribution in [0.3, 0.4) is 0 Å².